The number of carbonyl (C=O) groups excluding carboxylic acids is 3. The number of nitrogens with zero attached hydrogens (tertiary/aromatic N) is 1. The second kappa shape index (κ2) is 8.77. The summed E-state index contributed by atoms with van der Waals surface area (Å²) in [4.78, 5) is 36.7. The van der Waals surface area contributed by atoms with Gasteiger partial charge in [0.2, 0.25) is 0 Å². The maximum Gasteiger partial charge on any atom is 0.338 e. The van der Waals surface area contributed by atoms with Crippen LogP contribution in [0.2, 0.25) is 0 Å². The number of urea groups is 1. The van der Waals surface area contributed by atoms with Crippen LogP contribution in [0.15, 0.2) is 24.3 Å². The van der Waals surface area contributed by atoms with E-state index in [0.29, 0.717) is 12.1 Å². The molecule has 0 unspecified atom stereocenters. The lowest BCUT2D eigenvalue weighted by atomic mass is 10.2. The highest BCUT2D eigenvalue weighted by atomic mass is 16.5. The zero-order valence-corrected chi connectivity index (χ0v) is 13.9. The van der Waals surface area contributed by atoms with E-state index in [0.717, 1.165) is 5.69 Å². The molecule has 1 aromatic rings. The first-order valence-electron chi connectivity index (χ1n) is 7.31. The van der Waals surface area contributed by atoms with Crippen molar-refractivity contribution in [3.63, 3.8) is 0 Å². The fourth-order valence-electron chi connectivity index (χ4n) is 1.63. The standard InChI is InChI=1S/C16H23N3O4/c1-11(2)9-17-16(22)18-14(20)10-23-15(21)12-6-5-7-13(8-12)19(3)4/h5-8,11H,9-10H2,1-4H3,(H2,17,18,20,22). The second-order valence-electron chi connectivity index (χ2n) is 5.67. The average molecular weight is 321 g/mol. The normalized spacial score (nSPS) is 10.1. The van der Waals surface area contributed by atoms with Crippen LogP contribution in [-0.4, -0.2) is 45.2 Å². The Balaban J connectivity index is 2.45. The molecule has 0 spiro atoms. The highest BCUT2D eigenvalue weighted by Crippen LogP contribution is 2.14. The van der Waals surface area contributed by atoms with Crippen molar-refractivity contribution in [3.8, 4) is 0 Å². The number of benzene rings is 1. The van der Waals surface area contributed by atoms with Gasteiger partial charge in [0, 0.05) is 26.3 Å². The topological polar surface area (TPSA) is 87.7 Å². The molecule has 0 atom stereocenters. The Bertz CT molecular complexity index is 570. The molecule has 0 fully saturated rings. The van der Waals surface area contributed by atoms with Crippen molar-refractivity contribution in [1.82, 2.24) is 10.6 Å². The first kappa shape index (κ1) is 18.5. The van der Waals surface area contributed by atoms with Crippen LogP contribution in [0.4, 0.5) is 10.5 Å². The SMILES string of the molecule is CC(C)CNC(=O)NC(=O)COC(=O)c1cccc(N(C)C)c1. The van der Waals surface area contributed by atoms with Crippen molar-refractivity contribution >= 4 is 23.6 Å². The van der Waals surface area contributed by atoms with E-state index in [4.69, 9.17) is 4.74 Å². The Kier molecular flexibility index (Phi) is 7.05. The third kappa shape index (κ3) is 6.82. The van der Waals surface area contributed by atoms with Crippen LogP contribution < -0.4 is 15.5 Å². The van der Waals surface area contributed by atoms with E-state index in [1.165, 1.54) is 0 Å². The molecule has 7 heteroatoms. The van der Waals surface area contributed by atoms with Crippen molar-refractivity contribution < 1.29 is 19.1 Å². The molecule has 1 rings (SSSR count). The summed E-state index contributed by atoms with van der Waals surface area (Å²) in [5.74, 6) is -1.02. The number of nitrogens with one attached hydrogen (secondary N) is 2. The molecule has 23 heavy (non-hydrogen) atoms. The van der Waals surface area contributed by atoms with Crippen molar-refractivity contribution in [2.45, 2.75) is 13.8 Å². The van der Waals surface area contributed by atoms with Gasteiger partial charge >= 0.3 is 12.0 Å². The number of ether oxygens (including phenoxy) is 1. The molecule has 0 saturated carbocycles. The largest absolute Gasteiger partial charge is 0.452 e. The molecule has 3 amide bonds. The molecule has 0 aromatic heterocycles. The summed E-state index contributed by atoms with van der Waals surface area (Å²) in [5.41, 5.74) is 1.19. The first-order valence-corrected chi connectivity index (χ1v) is 7.31. The number of imide groups is 1. The Morgan fingerprint density at radius 1 is 1.22 bits per heavy atom. The zero-order chi connectivity index (χ0) is 17.4. The van der Waals surface area contributed by atoms with E-state index in [1.807, 2.05) is 38.9 Å². The van der Waals surface area contributed by atoms with Crippen LogP contribution in [-0.2, 0) is 9.53 Å². The predicted molar refractivity (Wildman–Crippen MR) is 87.4 cm³/mol. The highest BCUT2D eigenvalue weighted by molar-refractivity contribution is 5.97. The maximum absolute atomic E-state index is 11.9. The van der Waals surface area contributed by atoms with E-state index >= 15 is 0 Å². The lowest BCUT2D eigenvalue weighted by Crippen LogP contribution is -2.42. The van der Waals surface area contributed by atoms with Gasteiger partial charge in [-0.25, -0.2) is 9.59 Å². The number of rotatable bonds is 6. The highest BCUT2D eigenvalue weighted by Gasteiger charge is 2.13. The van der Waals surface area contributed by atoms with Crippen LogP contribution in [0.5, 0.6) is 0 Å². The second-order valence-corrected chi connectivity index (χ2v) is 5.67. The summed E-state index contributed by atoms with van der Waals surface area (Å²) < 4.78 is 4.90. The lowest BCUT2D eigenvalue weighted by Gasteiger charge is -2.13. The number of esters is 1. The fourth-order valence-corrected chi connectivity index (χ4v) is 1.63. The quantitative estimate of drug-likeness (QED) is 0.773. The minimum Gasteiger partial charge on any atom is -0.452 e. The Labute approximate surface area is 136 Å². The molecule has 2 N–H and O–H groups in total. The summed E-state index contributed by atoms with van der Waals surface area (Å²) in [7, 11) is 3.71. The minimum atomic E-state index is -0.677. The molecule has 7 nitrogen and oxygen atoms in total. The molecule has 0 aliphatic heterocycles. The van der Waals surface area contributed by atoms with Crippen LogP contribution in [0.3, 0.4) is 0 Å². The molecule has 0 radical (unpaired) electrons. The molecule has 0 aliphatic rings. The van der Waals surface area contributed by atoms with Gasteiger partial charge < -0.3 is 15.0 Å². The monoisotopic (exact) mass is 321 g/mol. The molecule has 0 aliphatic carbocycles. The van der Waals surface area contributed by atoms with Crippen molar-refractivity contribution in [3.05, 3.63) is 29.8 Å². The molecule has 1 aromatic carbocycles. The zero-order valence-electron chi connectivity index (χ0n) is 13.9. The third-order valence-electron chi connectivity index (χ3n) is 2.86. The van der Waals surface area contributed by atoms with E-state index < -0.39 is 24.5 Å². The Morgan fingerprint density at radius 2 is 1.91 bits per heavy atom. The summed E-state index contributed by atoms with van der Waals surface area (Å²) in [6.07, 6.45) is 0. The van der Waals surface area contributed by atoms with E-state index in [2.05, 4.69) is 10.6 Å². The Hall–Kier alpha value is -2.57. The van der Waals surface area contributed by atoms with Crippen LogP contribution >= 0.6 is 0 Å². The van der Waals surface area contributed by atoms with Crippen LogP contribution in [0.1, 0.15) is 24.2 Å². The molecule has 0 heterocycles. The van der Waals surface area contributed by atoms with Gasteiger partial charge in [0.15, 0.2) is 6.61 Å². The van der Waals surface area contributed by atoms with Gasteiger partial charge in [0.05, 0.1) is 5.56 Å². The molecule has 0 bridgehead atoms. The van der Waals surface area contributed by atoms with Crippen molar-refractivity contribution in [1.29, 1.82) is 0 Å². The average Bonchev–Trinajstić information content (AvgIpc) is 2.50. The number of anilines is 1. The molecule has 126 valence electrons. The number of carbonyl (C=O) groups is 3. The number of amides is 3. The fraction of sp³-hybridized carbons (Fsp3) is 0.438. The van der Waals surface area contributed by atoms with Gasteiger partial charge in [-0.05, 0) is 24.1 Å². The lowest BCUT2D eigenvalue weighted by molar-refractivity contribution is -0.123. The molecular formula is C16H23N3O4. The smallest absolute Gasteiger partial charge is 0.338 e. The van der Waals surface area contributed by atoms with E-state index in [-0.39, 0.29) is 5.92 Å². The van der Waals surface area contributed by atoms with Crippen molar-refractivity contribution in [2.75, 3.05) is 32.1 Å². The van der Waals surface area contributed by atoms with Crippen LogP contribution in [0, 0.1) is 5.92 Å². The predicted octanol–water partition coefficient (Wildman–Crippen LogP) is 1.39. The maximum atomic E-state index is 11.9. The van der Waals surface area contributed by atoms with Gasteiger partial charge in [-0.1, -0.05) is 19.9 Å². The summed E-state index contributed by atoms with van der Waals surface area (Å²) in [5, 5.41) is 4.63. The summed E-state index contributed by atoms with van der Waals surface area (Å²) in [6.45, 7) is 3.81. The summed E-state index contributed by atoms with van der Waals surface area (Å²) in [6, 6.07) is 6.24. The van der Waals surface area contributed by atoms with Gasteiger partial charge in [0.25, 0.3) is 5.91 Å². The van der Waals surface area contributed by atoms with Gasteiger partial charge in [-0.3, -0.25) is 10.1 Å². The van der Waals surface area contributed by atoms with Gasteiger partial charge in [0.1, 0.15) is 0 Å². The van der Waals surface area contributed by atoms with Crippen molar-refractivity contribution in [2.24, 2.45) is 5.92 Å². The number of hydrogen-bond acceptors (Lipinski definition) is 5. The van der Waals surface area contributed by atoms with E-state index in [9.17, 15) is 14.4 Å². The van der Waals surface area contributed by atoms with E-state index in [1.54, 1.807) is 18.2 Å². The Morgan fingerprint density at radius 3 is 2.52 bits per heavy atom. The molecule has 0 saturated heterocycles. The van der Waals surface area contributed by atoms with Gasteiger partial charge in [-0.15, -0.1) is 0 Å². The van der Waals surface area contributed by atoms with Crippen LogP contribution in [0.25, 0.3) is 0 Å². The van der Waals surface area contributed by atoms with Gasteiger partial charge in [-0.2, -0.15) is 0 Å². The third-order valence-corrected chi connectivity index (χ3v) is 2.86. The summed E-state index contributed by atoms with van der Waals surface area (Å²) >= 11 is 0. The number of hydrogen-bond donors (Lipinski definition) is 2. The minimum absolute atomic E-state index is 0.276. The first-order chi connectivity index (χ1) is 10.8. The molecular weight excluding hydrogens is 298 g/mol.